The maximum absolute atomic E-state index is 13.0. The van der Waals surface area contributed by atoms with Gasteiger partial charge in [0.25, 0.3) is 0 Å². The van der Waals surface area contributed by atoms with Crippen LogP contribution in [0.15, 0.2) is 18.2 Å². The third-order valence-corrected chi connectivity index (χ3v) is 7.47. The van der Waals surface area contributed by atoms with Crippen LogP contribution in [0.5, 0.6) is 0 Å². The van der Waals surface area contributed by atoms with E-state index in [1.54, 1.807) is 20.3 Å². The molecule has 0 unspecified atom stereocenters. The van der Waals surface area contributed by atoms with Crippen LogP contribution in [-0.4, -0.2) is 22.8 Å². The predicted octanol–water partition coefficient (Wildman–Crippen LogP) is 4.43. The zero-order valence-corrected chi connectivity index (χ0v) is 13.5. The van der Waals surface area contributed by atoms with Crippen LogP contribution in [0.4, 0.5) is 8.78 Å². The molecular formula is C15H24F2O2Si. The van der Waals surface area contributed by atoms with Crippen molar-refractivity contribution in [2.24, 2.45) is 0 Å². The number of unbranched alkanes of at least 4 members (excludes halogenated alkanes) is 2. The number of hydrogen-bond donors (Lipinski definition) is 0. The van der Waals surface area contributed by atoms with Crippen LogP contribution in [0.3, 0.4) is 0 Å². The first-order valence-electron chi connectivity index (χ1n) is 7.11. The summed E-state index contributed by atoms with van der Waals surface area (Å²) in [6.07, 6.45) is 3.83. The fourth-order valence-corrected chi connectivity index (χ4v) is 4.64. The molecule has 0 fully saturated rings. The van der Waals surface area contributed by atoms with Crippen molar-refractivity contribution in [3.05, 3.63) is 35.4 Å². The summed E-state index contributed by atoms with van der Waals surface area (Å²) in [5, 5.41) is 0. The van der Waals surface area contributed by atoms with Crippen molar-refractivity contribution in [2.45, 2.75) is 44.7 Å². The molecular weight excluding hydrogens is 278 g/mol. The second-order valence-corrected chi connectivity index (χ2v) is 8.83. The molecule has 0 saturated heterocycles. The topological polar surface area (TPSA) is 18.5 Å². The van der Waals surface area contributed by atoms with E-state index in [9.17, 15) is 8.78 Å². The van der Waals surface area contributed by atoms with Crippen LogP contribution in [0.2, 0.25) is 12.1 Å². The Bertz CT molecular complexity index is 401. The fourth-order valence-electron chi connectivity index (χ4n) is 2.35. The molecule has 0 aliphatic rings. The third-order valence-electron chi connectivity index (χ3n) is 3.79. The average Bonchev–Trinajstić information content (AvgIpc) is 2.47. The van der Waals surface area contributed by atoms with Crippen molar-refractivity contribution in [1.82, 2.24) is 0 Å². The van der Waals surface area contributed by atoms with Gasteiger partial charge in [0.05, 0.1) is 0 Å². The van der Waals surface area contributed by atoms with Gasteiger partial charge in [-0.3, -0.25) is 0 Å². The van der Waals surface area contributed by atoms with Gasteiger partial charge in [-0.2, -0.15) is 0 Å². The number of benzene rings is 1. The smallest absolute Gasteiger partial charge is 0.337 e. The molecule has 0 amide bonds. The number of halogens is 2. The first kappa shape index (κ1) is 17.3. The highest BCUT2D eigenvalue weighted by molar-refractivity contribution is 6.67. The van der Waals surface area contributed by atoms with Crippen LogP contribution in [0.25, 0.3) is 0 Å². The highest BCUT2D eigenvalue weighted by atomic mass is 28.4. The lowest BCUT2D eigenvalue weighted by Gasteiger charge is -2.25. The molecule has 0 saturated carbocycles. The van der Waals surface area contributed by atoms with Gasteiger partial charge in [0.1, 0.15) is 0 Å². The average molecular weight is 302 g/mol. The molecule has 0 heterocycles. The molecule has 0 spiro atoms. The van der Waals surface area contributed by atoms with Gasteiger partial charge in [-0.1, -0.05) is 25.8 Å². The van der Waals surface area contributed by atoms with E-state index < -0.39 is 20.2 Å². The van der Waals surface area contributed by atoms with E-state index in [0.29, 0.717) is 0 Å². The van der Waals surface area contributed by atoms with Crippen molar-refractivity contribution in [2.75, 3.05) is 14.2 Å². The number of hydrogen-bond acceptors (Lipinski definition) is 2. The van der Waals surface area contributed by atoms with E-state index in [1.807, 2.05) is 0 Å². The van der Waals surface area contributed by atoms with Gasteiger partial charge in [-0.15, -0.1) is 0 Å². The van der Waals surface area contributed by atoms with Gasteiger partial charge < -0.3 is 8.85 Å². The molecule has 0 atom stereocenters. The molecule has 114 valence electrons. The lowest BCUT2D eigenvalue weighted by molar-refractivity contribution is 0.241. The fraction of sp³-hybridized carbons (Fsp3) is 0.600. The minimum absolute atomic E-state index is 0.765. The Labute approximate surface area is 121 Å². The summed E-state index contributed by atoms with van der Waals surface area (Å²) in [5.74, 6) is -1.55. The zero-order chi connectivity index (χ0) is 15.0. The van der Waals surface area contributed by atoms with E-state index in [1.165, 1.54) is 12.1 Å². The minimum Gasteiger partial charge on any atom is -0.398 e. The standard InChI is InChI=1S/C15H24F2O2Si/c1-4-20(18-2,19-3)11-7-5-6-8-13-9-10-14(16)15(17)12-13/h9-10,12H,4-8,11H2,1-3H3. The Hall–Kier alpha value is -0.783. The monoisotopic (exact) mass is 302 g/mol. The SMILES string of the molecule is CC[Si](CCCCCc1ccc(F)c(F)c1)(OC)OC. The highest BCUT2D eigenvalue weighted by Crippen LogP contribution is 2.21. The van der Waals surface area contributed by atoms with Crippen molar-refractivity contribution < 1.29 is 17.6 Å². The summed E-state index contributed by atoms with van der Waals surface area (Å²) < 4.78 is 36.9. The summed E-state index contributed by atoms with van der Waals surface area (Å²) in [6.45, 7) is 2.10. The summed E-state index contributed by atoms with van der Waals surface area (Å²) in [5.41, 5.74) is 0.849. The van der Waals surface area contributed by atoms with Crippen molar-refractivity contribution in [1.29, 1.82) is 0 Å². The molecule has 1 aromatic rings. The molecule has 20 heavy (non-hydrogen) atoms. The normalized spacial score (nSPS) is 11.8. The number of aryl methyl sites for hydroxylation is 1. The Kier molecular flexibility index (Phi) is 7.33. The Morgan fingerprint density at radius 3 is 2.25 bits per heavy atom. The van der Waals surface area contributed by atoms with Gasteiger partial charge in [0.15, 0.2) is 11.6 Å². The van der Waals surface area contributed by atoms with E-state index in [2.05, 4.69) is 6.92 Å². The Balaban J connectivity index is 2.29. The molecule has 0 radical (unpaired) electrons. The molecule has 0 N–H and O–H groups in total. The third kappa shape index (κ3) is 4.96. The summed E-state index contributed by atoms with van der Waals surface area (Å²) in [6, 6.07) is 6.05. The maximum Gasteiger partial charge on any atom is 0.337 e. The van der Waals surface area contributed by atoms with Gasteiger partial charge in [0, 0.05) is 14.2 Å². The second-order valence-electron chi connectivity index (χ2n) is 4.98. The number of rotatable bonds is 9. The summed E-state index contributed by atoms with van der Waals surface area (Å²) >= 11 is 0. The van der Waals surface area contributed by atoms with E-state index in [0.717, 1.165) is 43.3 Å². The van der Waals surface area contributed by atoms with E-state index in [-0.39, 0.29) is 0 Å². The lowest BCUT2D eigenvalue weighted by Crippen LogP contribution is -2.38. The molecule has 0 aliphatic carbocycles. The molecule has 1 aromatic carbocycles. The van der Waals surface area contributed by atoms with Crippen LogP contribution in [0.1, 0.15) is 31.7 Å². The first-order valence-corrected chi connectivity index (χ1v) is 9.34. The summed E-state index contributed by atoms with van der Waals surface area (Å²) in [7, 11) is 1.47. The molecule has 0 aromatic heterocycles. The largest absolute Gasteiger partial charge is 0.398 e. The van der Waals surface area contributed by atoms with Crippen molar-refractivity contribution in [3.63, 3.8) is 0 Å². The van der Waals surface area contributed by atoms with Crippen molar-refractivity contribution >= 4 is 8.56 Å². The van der Waals surface area contributed by atoms with Gasteiger partial charge in [-0.25, -0.2) is 8.78 Å². The van der Waals surface area contributed by atoms with Crippen LogP contribution < -0.4 is 0 Å². The van der Waals surface area contributed by atoms with Crippen LogP contribution in [0, 0.1) is 11.6 Å². The maximum atomic E-state index is 13.0. The van der Waals surface area contributed by atoms with Crippen molar-refractivity contribution in [3.8, 4) is 0 Å². The molecule has 0 bridgehead atoms. The zero-order valence-electron chi connectivity index (χ0n) is 12.5. The lowest BCUT2D eigenvalue weighted by atomic mass is 10.1. The second kappa shape index (κ2) is 8.49. The minimum atomic E-state index is -1.97. The quantitative estimate of drug-likeness (QED) is 0.496. The van der Waals surface area contributed by atoms with Gasteiger partial charge in [-0.05, 0) is 42.6 Å². The van der Waals surface area contributed by atoms with Crippen LogP contribution in [-0.2, 0) is 15.3 Å². The molecule has 1 rings (SSSR count). The van der Waals surface area contributed by atoms with Gasteiger partial charge in [0.2, 0.25) is 0 Å². The first-order chi connectivity index (χ1) is 9.56. The van der Waals surface area contributed by atoms with Gasteiger partial charge >= 0.3 is 8.56 Å². The Morgan fingerprint density at radius 1 is 1.00 bits per heavy atom. The predicted molar refractivity (Wildman–Crippen MR) is 79.0 cm³/mol. The molecule has 5 heteroatoms. The summed E-state index contributed by atoms with van der Waals surface area (Å²) in [4.78, 5) is 0. The Morgan fingerprint density at radius 2 is 1.70 bits per heavy atom. The molecule has 0 aliphatic heterocycles. The van der Waals surface area contributed by atoms with E-state index in [4.69, 9.17) is 8.85 Å². The molecule has 2 nitrogen and oxygen atoms in total. The van der Waals surface area contributed by atoms with Crippen LogP contribution >= 0.6 is 0 Å². The highest BCUT2D eigenvalue weighted by Gasteiger charge is 2.32. The van der Waals surface area contributed by atoms with E-state index >= 15 is 0 Å².